The highest BCUT2D eigenvalue weighted by atomic mass is 19.4. The molecule has 0 saturated heterocycles. The van der Waals surface area contributed by atoms with Crippen molar-refractivity contribution in [3.05, 3.63) is 29.6 Å². The molecule has 0 spiro atoms. The van der Waals surface area contributed by atoms with Gasteiger partial charge in [0.05, 0.1) is 12.5 Å². The Morgan fingerprint density at radius 3 is 2.74 bits per heavy atom. The number of nitrogens with zero attached hydrogens (tertiary/aromatic N) is 1. The van der Waals surface area contributed by atoms with Crippen LogP contribution in [0.4, 0.5) is 23.2 Å². The predicted molar refractivity (Wildman–Crippen MR) is 72.1 cm³/mol. The monoisotopic (exact) mass is 334 g/mol. The number of carbonyl (C=O) groups is 2. The molecule has 1 aliphatic rings. The number of amides is 2. The Morgan fingerprint density at radius 1 is 1.48 bits per heavy atom. The number of alkyl halides is 3. The number of likely N-dealkylation sites (N-methyl/N-ethyl adjacent to an activating group) is 1. The summed E-state index contributed by atoms with van der Waals surface area (Å²) < 4.78 is 50.3. The standard InChI is InChI=1S/C14H14F4N2O3/c1-20(6-11(21)14(16,17)18)13(23)9-5-12(22)19-10-4-7(15)2-3-8(9)10/h2-4,9,11,21H,5-6H2,1H3,(H,19,22). The van der Waals surface area contributed by atoms with Gasteiger partial charge in [-0.25, -0.2) is 4.39 Å². The molecule has 0 saturated carbocycles. The Bertz CT molecular complexity index is 633. The second kappa shape index (κ2) is 6.15. The minimum Gasteiger partial charge on any atom is -0.382 e. The fourth-order valence-corrected chi connectivity index (χ4v) is 2.38. The zero-order chi connectivity index (χ0) is 17.4. The maximum Gasteiger partial charge on any atom is 0.416 e. The normalized spacial score (nSPS) is 18.9. The molecule has 1 heterocycles. The van der Waals surface area contributed by atoms with E-state index in [2.05, 4.69) is 5.32 Å². The van der Waals surface area contributed by atoms with Gasteiger partial charge in [-0.1, -0.05) is 6.07 Å². The lowest BCUT2D eigenvalue weighted by Crippen LogP contribution is -2.44. The molecule has 0 bridgehead atoms. The maximum absolute atomic E-state index is 13.2. The van der Waals surface area contributed by atoms with E-state index in [-0.39, 0.29) is 12.1 Å². The largest absolute Gasteiger partial charge is 0.416 e. The molecule has 23 heavy (non-hydrogen) atoms. The van der Waals surface area contributed by atoms with E-state index in [4.69, 9.17) is 5.11 Å². The Balaban J connectivity index is 2.21. The van der Waals surface area contributed by atoms with Gasteiger partial charge < -0.3 is 15.3 Å². The minimum atomic E-state index is -4.85. The lowest BCUT2D eigenvalue weighted by Gasteiger charge is -2.30. The molecular weight excluding hydrogens is 320 g/mol. The van der Waals surface area contributed by atoms with Gasteiger partial charge in [0, 0.05) is 19.2 Å². The number of anilines is 1. The van der Waals surface area contributed by atoms with Crippen molar-refractivity contribution in [1.29, 1.82) is 0 Å². The average molecular weight is 334 g/mol. The first-order valence-corrected chi connectivity index (χ1v) is 6.68. The number of aliphatic hydroxyl groups is 1. The first-order valence-electron chi connectivity index (χ1n) is 6.68. The Morgan fingerprint density at radius 2 is 2.13 bits per heavy atom. The minimum absolute atomic E-state index is 0.115. The molecule has 126 valence electrons. The van der Waals surface area contributed by atoms with Crippen LogP contribution in [0.15, 0.2) is 18.2 Å². The number of rotatable bonds is 3. The van der Waals surface area contributed by atoms with Crippen LogP contribution in [0, 0.1) is 5.82 Å². The molecule has 0 fully saturated rings. The van der Waals surface area contributed by atoms with Crippen molar-refractivity contribution in [1.82, 2.24) is 4.90 Å². The lowest BCUT2D eigenvalue weighted by atomic mass is 9.89. The number of benzene rings is 1. The molecular formula is C14H14F4N2O3. The summed E-state index contributed by atoms with van der Waals surface area (Å²) in [5, 5.41) is 11.4. The third-order valence-corrected chi connectivity index (χ3v) is 3.55. The van der Waals surface area contributed by atoms with E-state index in [1.807, 2.05) is 0 Å². The lowest BCUT2D eigenvalue weighted by molar-refractivity contribution is -0.207. The third kappa shape index (κ3) is 3.79. The van der Waals surface area contributed by atoms with Crippen molar-refractivity contribution >= 4 is 17.5 Å². The first kappa shape index (κ1) is 17.2. The van der Waals surface area contributed by atoms with Crippen LogP contribution in [0.2, 0.25) is 0 Å². The number of hydrogen-bond acceptors (Lipinski definition) is 3. The SMILES string of the molecule is CN(CC(O)C(F)(F)F)C(=O)C1CC(=O)Nc2cc(F)ccc21. The van der Waals surface area contributed by atoms with E-state index in [9.17, 15) is 27.2 Å². The molecule has 9 heteroatoms. The van der Waals surface area contributed by atoms with Gasteiger partial charge in [0.15, 0.2) is 6.10 Å². The van der Waals surface area contributed by atoms with Crippen LogP contribution in [-0.4, -0.2) is 47.7 Å². The van der Waals surface area contributed by atoms with E-state index < -0.39 is 42.4 Å². The van der Waals surface area contributed by atoms with Crippen LogP contribution in [0.3, 0.4) is 0 Å². The molecule has 1 aromatic rings. The van der Waals surface area contributed by atoms with Gasteiger partial charge in [0.25, 0.3) is 0 Å². The van der Waals surface area contributed by atoms with Gasteiger partial charge in [-0.2, -0.15) is 13.2 Å². The molecule has 1 aromatic carbocycles. The molecule has 0 aromatic heterocycles. The van der Waals surface area contributed by atoms with Crippen molar-refractivity contribution < 1.29 is 32.3 Å². The summed E-state index contributed by atoms with van der Waals surface area (Å²) in [5.41, 5.74) is 0.439. The summed E-state index contributed by atoms with van der Waals surface area (Å²) in [6.45, 7) is -0.947. The zero-order valence-electron chi connectivity index (χ0n) is 12.0. The molecule has 2 amide bonds. The van der Waals surface area contributed by atoms with Crippen LogP contribution >= 0.6 is 0 Å². The highest BCUT2D eigenvalue weighted by Gasteiger charge is 2.41. The average Bonchev–Trinajstić information content (AvgIpc) is 2.43. The van der Waals surface area contributed by atoms with E-state index in [1.54, 1.807) is 0 Å². The number of hydrogen-bond donors (Lipinski definition) is 2. The summed E-state index contributed by atoms with van der Waals surface area (Å²) in [7, 11) is 1.10. The second-order valence-corrected chi connectivity index (χ2v) is 5.31. The number of aliphatic hydroxyl groups excluding tert-OH is 1. The number of halogens is 4. The van der Waals surface area contributed by atoms with E-state index >= 15 is 0 Å². The molecule has 2 rings (SSSR count). The molecule has 0 radical (unpaired) electrons. The van der Waals surface area contributed by atoms with Crippen LogP contribution in [0.25, 0.3) is 0 Å². The topological polar surface area (TPSA) is 69.6 Å². The molecule has 2 N–H and O–H groups in total. The van der Waals surface area contributed by atoms with E-state index in [0.717, 1.165) is 19.2 Å². The van der Waals surface area contributed by atoms with Crippen molar-refractivity contribution in [2.45, 2.75) is 24.6 Å². The highest BCUT2D eigenvalue weighted by molar-refractivity contribution is 6.01. The van der Waals surface area contributed by atoms with Crippen molar-refractivity contribution in [3.63, 3.8) is 0 Å². The van der Waals surface area contributed by atoms with Crippen LogP contribution in [0.1, 0.15) is 17.9 Å². The second-order valence-electron chi connectivity index (χ2n) is 5.31. The number of nitrogens with one attached hydrogen (secondary N) is 1. The van der Waals surface area contributed by atoms with Gasteiger partial charge in [0.1, 0.15) is 5.82 Å². The molecule has 0 aliphatic carbocycles. The molecule has 5 nitrogen and oxygen atoms in total. The van der Waals surface area contributed by atoms with Crippen LogP contribution in [0.5, 0.6) is 0 Å². The maximum atomic E-state index is 13.2. The first-order chi connectivity index (χ1) is 10.6. The Hall–Kier alpha value is -2.16. The molecule has 2 unspecified atom stereocenters. The number of fused-ring (bicyclic) bond motifs is 1. The fourth-order valence-electron chi connectivity index (χ4n) is 2.38. The highest BCUT2D eigenvalue weighted by Crippen LogP contribution is 2.34. The Labute approximate surface area is 128 Å². The van der Waals surface area contributed by atoms with E-state index in [0.29, 0.717) is 10.5 Å². The van der Waals surface area contributed by atoms with Gasteiger partial charge >= 0.3 is 6.18 Å². The van der Waals surface area contributed by atoms with E-state index in [1.165, 1.54) is 6.07 Å². The van der Waals surface area contributed by atoms with Crippen molar-refractivity contribution in [2.24, 2.45) is 0 Å². The third-order valence-electron chi connectivity index (χ3n) is 3.55. The fraction of sp³-hybridized carbons (Fsp3) is 0.429. The van der Waals surface area contributed by atoms with Gasteiger partial charge in [-0.15, -0.1) is 0 Å². The van der Waals surface area contributed by atoms with Crippen LogP contribution in [-0.2, 0) is 9.59 Å². The summed E-state index contributed by atoms with van der Waals surface area (Å²) in [5.74, 6) is -2.93. The summed E-state index contributed by atoms with van der Waals surface area (Å²) >= 11 is 0. The zero-order valence-corrected chi connectivity index (χ0v) is 12.0. The predicted octanol–water partition coefficient (Wildman–Crippen LogP) is 1.63. The molecule has 2 atom stereocenters. The van der Waals surface area contributed by atoms with Gasteiger partial charge in [-0.05, 0) is 17.7 Å². The Kier molecular flexibility index (Phi) is 4.60. The summed E-state index contributed by atoms with van der Waals surface area (Å²) in [6.07, 6.45) is -7.79. The summed E-state index contributed by atoms with van der Waals surface area (Å²) in [4.78, 5) is 24.7. The quantitative estimate of drug-likeness (QED) is 0.826. The van der Waals surface area contributed by atoms with Crippen LogP contribution < -0.4 is 5.32 Å². The number of carbonyl (C=O) groups excluding carboxylic acids is 2. The smallest absolute Gasteiger partial charge is 0.382 e. The summed E-state index contributed by atoms with van der Waals surface area (Å²) in [6, 6.07) is 3.44. The molecule has 1 aliphatic heterocycles. The van der Waals surface area contributed by atoms with Crippen molar-refractivity contribution in [2.75, 3.05) is 18.9 Å². The van der Waals surface area contributed by atoms with Gasteiger partial charge in [0.2, 0.25) is 11.8 Å². The van der Waals surface area contributed by atoms with Crippen molar-refractivity contribution in [3.8, 4) is 0 Å². The van der Waals surface area contributed by atoms with Gasteiger partial charge in [-0.3, -0.25) is 9.59 Å².